The number of hydrogen-bond donors (Lipinski definition) is 0. The zero-order valence-electron chi connectivity index (χ0n) is 11.4. The van der Waals surface area contributed by atoms with Crippen LogP contribution in [0.25, 0.3) is 11.5 Å². The maximum absolute atomic E-state index is 8.90. The van der Waals surface area contributed by atoms with E-state index in [2.05, 4.69) is 32.2 Å². The Morgan fingerprint density at radius 3 is 2.73 bits per heavy atom. The Balaban J connectivity index is 1.69. The van der Waals surface area contributed by atoms with Crippen LogP contribution in [0, 0.1) is 11.3 Å². The second-order valence-electron chi connectivity index (χ2n) is 4.48. The van der Waals surface area contributed by atoms with E-state index in [-0.39, 0.29) is 0 Å². The molecule has 0 saturated carbocycles. The first-order valence-electron chi connectivity index (χ1n) is 6.46. The van der Waals surface area contributed by atoms with Gasteiger partial charge in [-0.15, -0.1) is 10.2 Å². The average molecular weight is 372 g/mol. The minimum Gasteiger partial charge on any atom is -0.411 e. The van der Waals surface area contributed by atoms with Crippen molar-refractivity contribution in [2.45, 2.75) is 11.0 Å². The van der Waals surface area contributed by atoms with Crippen molar-refractivity contribution in [3.8, 4) is 17.5 Å². The van der Waals surface area contributed by atoms with Crippen LogP contribution in [0.4, 0.5) is 0 Å². The normalized spacial score (nSPS) is 10.4. The molecule has 2 aromatic carbocycles. The van der Waals surface area contributed by atoms with Gasteiger partial charge in [-0.2, -0.15) is 5.26 Å². The highest BCUT2D eigenvalue weighted by atomic mass is 79.9. The summed E-state index contributed by atoms with van der Waals surface area (Å²) in [5.74, 6) is 1.18. The molecule has 0 bridgehead atoms. The van der Waals surface area contributed by atoms with Gasteiger partial charge in [0.1, 0.15) is 0 Å². The van der Waals surface area contributed by atoms with Crippen LogP contribution < -0.4 is 0 Å². The Morgan fingerprint density at radius 2 is 1.95 bits per heavy atom. The number of rotatable bonds is 4. The molecule has 0 aliphatic heterocycles. The lowest BCUT2D eigenvalue weighted by atomic mass is 10.2. The quantitative estimate of drug-likeness (QED) is 0.623. The van der Waals surface area contributed by atoms with E-state index in [0.29, 0.717) is 22.4 Å². The van der Waals surface area contributed by atoms with Crippen LogP contribution in [0.1, 0.15) is 11.1 Å². The van der Waals surface area contributed by atoms with Crippen LogP contribution in [0.15, 0.2) is 62.6 Å². The van der Waals surface area contributed by atoms with Crippen LogP contribution in [0.3, 0.4) is 0 Å². The molecule has 4 nitrogen and oxygen atoms in total. The van der Waals surface area contributed by atoms with Crippen LogP contribution in [-0.2, 0) is 5.75 Å². The monoisotopic (exact) mass is 371 g/mol. The zero-order valence-corrected chi connectivity index (χ0v) is 13.8. The highest BCUT2D eigenvalue weighted by Gasteiger charge is 2.09. The van der Waals surface area contributed by atoms with Crippen molar-refractivity contribution in [2.24, 2.45) is 0 Å². The number of halogens is 1. The summed E-state index contributed by atoms with van der Waals surface area (Å²) in [6.45, 7) is 0. The van der Waals surface area contributed by atoms with Crippen molar-refractivity contribution in [1.82, 2.24) is 10.2 Å². The van der Waals surface area contributed by atoms with Crippen molar-refractivity contribution in [3.63, 3.8) is 0 Å². The van der Waals surface area contributed by atoms with Crippen LogP contribution >= 0.6 is 27.7 Å². The molecule has 1 heterocycles. The summed E-state index contributed by atoms with van der Waals surface area (Å²) >= 11 is 4.84. The first-order valence-corrected chi connectivity index (χ1v) is 8.24. The number of hydrogen-bond acceptors (Lipinski definition) is 5. The summed E-state index contributed by atoms with van der Waals surface area (Å²) in [5, 5.41) is 17.5. The van der Waals surface area contributed by atoms with E-state index in [1.54, 1.807) is 6.07 Å². The third kappa shape index (κ3) is 3.56. The molecule has 108 valence electrons. The molecule has 3 rings (SSSR count). The van der Waals surface area contributed by atoms with Gasteiger partial charge in [0.15, 0.2) is 0 Å². The summed E-state index contributed by atoms with van der Waals surface area (Å²) in [6, 6.07) is 17.3. The van der Waals surface area contributed by atoms with Crippen LogP contribution in [0.5, 0.6) is 0 Å². The predicted molar refractivity (Wildman–Crippen MR) is 88.2 cm³/mol. The Kier molecular flexibility index (Phi) is 4.56. The highest BCUT2D eigenvalue weighted by Crippen LogP contribution is 2.26. The Morgan fingerprint density at radius 1 is 1.14 bits per heavy atom. The van der Waals surface area contributed by atoms with Gasteiger partial charge in [0, 0.05) is 15.8 Å². The van der Waals surface area contributed by atoms with Gasteiger partial charge < -0.3 is 4.42 Å². The summed E-state index contributed by atoms with van der Waals surface area (Å²) in [5.41, 5.74) is 2.58. The molecule has 0 amide bonds. The van der Waals surface area contributed by atoms with E-state index >= 15 is 0 Å². The summed E-state index contributed by atoms with van der Waals surface area (Å²) < 4.78 is 6.65. The SMILES string of the molecule is N#Cc1cccc(CSc2nnc(-c3ccc(Br)cc3)o2)c1. The van der Waals surface area contributed by atoms with E-state index in [1.807, 2.05) is 42.5 Å². The zero-order chi connectivity index (χ0) is 15.4. The van der Waals surface area contributed by atoms with Gasteiger partial charge in [-0.25, -0.2) is 0 Å². The van der Waals surface area contributed by atoms with Gasteiger partial charge in [-0.05, 0) is 42.0 Å². The molecule has 6 heteroatoms. The molecule has 0 fully saturated rings. The van der Waals surface area contributed by atoms with Crippen molar-refractivity contribution < 1.29 is 4.42 Å². The molecule has 0 aliphatic carbocycles. The lowest BCUT2D eigenvalue weighted by molar-refractivity contribution is 0.466. The van der Waals surface area contributed by atoms with Crippen molar-refractivity contribution >= 4 is 27.7 Å². The van der Waals surface area contributed by atoms with Gasteiger partial charge in [0.05, 0.1) is 11.6 Å². The standard InChI is InChI=1S/C16H10BrN3OS/c17-14-6-4-13(5-7-14)15-19-20-16(21-15)22-10-12-3-1-2-11(8-12)9-18/h1-8H,10H2. The molecule has 0 atom stereocenters. The highest BCUT2D eigenvalue weighted by molar-refractivity contribution is 9.10. The lowest BCUT2D eigenvalue weighted by Crippen LogP contribution is -1.82. The molecule has 22 heavy (non-hydrogen) atoms. The van der Waals surface area contributed by atoms with Gasteiger partial charge in [-0.3, -0.25) is 0 Å². The predicted octanol–water partition coefficient (Wildman–Crippen LogP) is 4.66. The van der Waals surface area contributed by atoms with Crippen LogP contribution in [-0.4, -0.2) is 10.2 Å². The number of benzene rings is 2. The minimum absolute atomic E-state index is 0.501. The second kappa shape index (κ2) is 6.77. The fraction of sp³-hybridized carbons (Fsp3) is 0.0625. The largest absolute Gasteiger partial charge is 0.411 e. The minimum atomic E-state index is 0.501. The smallest absolute Gasteiger partial charge is 0.277 e. The van der Waals surface area contributed by atoms with E-state index in [1.165, 1.54) is 11.8 Å². The van der Waals surface area contributed by atoms with E-state index in [4.69, 9.17) is 9.68 Å². The first-order chi connectivity index (χ1) is 10.7. The van der Waals surface area contributed by atoms with Gasteiger partial charge in [0.25, 0.3) is 5.22 Å². The van der Waals surface area contributed by atoms with E-state index in [9.17, 15) is 0 Å². The molecule has 0 aliphatic rings. The van der Waals surface area contributed by atoms with Crippen molar-refractivity contribution in [2.75, 3.05) is 0 Å². The number of aromatic nitrogens is 2. The van der Waals surface area contributed by atoms with Crippen molar-refractivity contribution in [1.29, 1.82) is 5.26 Å². The van der Waals surface area contributed by atoms with Gasteiger partial charge >= 0.3 is 0 Å². The maximum Gasteiger partial charge on any atom is 0.277 e. The summed E-state index contributed by atoms with van der Waals surface area (Å²) in [4.78, 5) is 0. The fourth-order valence-corrected chi connectivity index (χ4v) is 2.82. The van der Waals surface area contributed by atoms with Gasteiger partial charge in [0.2, 0.25) is 5.89 Å². The molecule has 3 aromatic rings. The Labute approximate surface area is 140 Å². The molecule has 0 spiro atoms. The maximum atomic E-state index is 8.90. The third-order valence-electron chi connectivity index (χ3n) is 2.92. The molecule has 1 aromatic heterocycles. The number of thioether (sulfide) groups is 1. The van der Waals surface area contributed by atoms with Crippen molar-refractivity contribution in [3.05, 3.63) is 64.1 Å². The summed E-state index contributed by atoms with van der Waals surface area (Å²) in [6.07, 6.45) is 0. The second-order valence-corrected chi connectivity index (χ2v) is 6.32. The van der Waals surface area contributed by atoms with E-state index in [0.717, 1.165) is 15.6 Å². The van der Waals surface area contributed by atoms with Gasteiger partial charge in [-0.1, -0.05) is 39.8 Å². The van der Waals surface area contributed by atoms with Crippen LogP contribution in [0.2, 0.25) is 0 Å². The third-order valence-corrected chi connectivity index (χ3v) is 4.33. The molecular weight excluding hydrogens is 362 g/mol. The molecule has 0 N–H and O–H groups in total. The Hall–Kier alpha value is -2.10. The lowest BCUT2D eigenvalue weighted by Gasteiger charge is -1.98. The summed E-state index contributed by atoms with van der Waals surface area (Å²) in [7, 11) is 0. The molecule has 0 saturated heterocycles. The van der Waals surface area contributed by atoms with E-state index < -0.39 is 0 Å². The molecule has 0 radical (unpaired) electrons. The first kappa shape index (κ1) is 14.8. The molecule has 0 unspecified atom stereocenters. The topological polar surface area (TPSA) is 62.7 Å². The number of nitrogens with zero attached hydrogens (tertiary/aromatic N) is 3. The Bertz CT molecular complexity index is 824. The number of nitriles is 1. The molecular formula is C16H10BrN3OS. The fourth-order valence-electron chi connectivity index (χ4n) is 1.85. The average Bonchev–Trinajstić information content (AvgIpc) is 3.03.